The van der Waals surface area contributed by atoms with E-state index in [1.54, 1.807) is 28.0 Å². The molecule has 12 nitrogen and oxygen atoms in total. The van der Waals surface area contributed by atoms with Gasteiger partial charge in [0.1, 0.15) is 11.4 Å². The van der Waals surface area contributed by atoms with Crippen molar-refractivity contribution in [3.8, 4) is 0 Å². The predicted molar refractivity (Wildman–Crippen MR) is 173 cm³/mol. The van der Waals surface area contributed by atoms with Gasteiger partial charge in [0.25, 0.3) is 5.56 Å². The fourth-order valence-electron chi connectivity index (χ4n) is 6.65. The minimum absolute atomic E-state index is 0.0613. The molecule has 1 unspecified atom stereocenters. The van der Waals surface area contributed by atoms with E-state index in [0.717, 1.165) is 5.56 Å². The fraction of sp³-hybridized carbons (Fsp3) is 0.588. The van der Waals surface area contributed by atoms with E-state index >= 15 is 0 Å². The van der Waals surface area contributed by atoms with Crippen LogP contribution in [0.2, 0.25) is 0 Å². The van der Waals surface area contributed by atoms with Gasteiger partial charge < -0.3 is 29.4 Å². The first-order chi connectivity index (χ1) is 22.0. The first-order valence-electron chi connectivity index (χ1n) is 16.1. The van der Waals surface area contributed by atoms with Crippen LogP contribution >= 0.6 is 0 Å². The molecule has 1 aromatic heterocycles. The lowest BCUT2D eigenvalue weighted by molar-refractivity contribution is -0.156. The molecule has 2 aromatic rings. The van der Waals surface area contributed by atoms with Gasteiger partial charge in [-0.3, -0.25) is 19.4 Å². The van der Waals surface area contributed by atoms with Crippen molar-refractivity contribution in [3.05, 3.63) is 63.3 Å². The van der Waals surface area contributed by atoms with Crippen molar-refractivity contribution in [3.63, 3.8) is 0 Å². The Labute approximate surface area is 274 Å². The van der Waals surface area contributed by atoms with E-state index in [2.05, 4.69) is 9.88 Å². The minimum atomic E-state index is -1.03. The zero-order valence-electron chi connectivity index (χ0n) is 28.0. The summed E-state index contributed by atoms with van der Waals surface area (Å²) in [5, 5.41) is 9.55. The van der Waals surface area contributed by atoms with Crippen molar-refractivity contribution < 1.29 is 33.4 Å². The van der Waals surface area contributed by atoms with Gasteiger partial charge in [-0.2, -0.15) is 0 Å². The summed E-state index contributed by atoms with van der Waals surface area (Å²) < 4.78 is 24.6. The lowest BCUT2D eigenvalue weighted by atomic mass is 9.91. The summed E-state index contributed by atoms with van der Waals surface area (Å²) in [6.07, 6.45) is -1.09. The number of nitrogens with one attached hydrogen (secondary N) is 1. The second kappa shape index (κ2) is 13.4. The summed E-state index contributed by atoms with van der Waals surface area (Å²) in [6, 6.07) is 7.23. The maximum Gasteiger partial charge on any atom is 0.410 e. The quantitative estimate of drug-likeness (QED) is 0.462. The number of aromatic amines is 1. The molecule has 2 amide bonds. The highest BCUT2D eigenvalue weighted by Gasteiger charge is 2.43. The first kappa shape index (κ1) is 34.5. The minimum Gasteiger partial charge on any atom is -0.479 e. The molecule has 0 spiro atoms. The number of carboxylic acid groups (broad SMARTS) is 1. The van der Waals surface area contributed by atoms with Crippen LogP contribution in [0.5, 0.6) is 0 Å². The number of carbonyl (C=O) groups excluding carboxylic acids is 2. The number of halogens is 1. The zero-order chi connectivity index (χ0) is 34.3. The topological polar surface area (TPSA) is 136 Å². The number of carboxylic acids is 1. The number of amides is 2. The summed E-state index contributed by atoms with van der Waals surface area (Å²) in [5.41, 5.74) is 1.17. The van der Waals surface area contributed by atoms with Crippen LogP contribution in [0.1, 0.15) is 58.4 Å². The maximum atomic E-state index is 14.2. The monoisotopic (exact) mass is 655 g/mol. The summed E-state index contributed by atoms with van der Waals surface area (Å²) >= 11 is 0. The molecule has 2 N–H and O–H groups in total. The third-order valence-electron chi connectivity index (χ3n) is 9.04. The van der Waals surface area contributed by atoms with E-state index in [9.17, 15) is 28.7 Å². The summed E-state index contributed by atoms with van der Waals surface area (Å²) in [7, 11) is 0. The number of aliphatic carboxylic acids is 1. The van der Waals surface area contributed by atoms with Crippen LogP contribution in [0.15, 0.2) is 35.1 Å². The van der Waals surface area contributed by atoms with Crippen molar-refractivity contribution in [1.82, 2.24) is 19.7 Å². The number of piperazine rings is 1. The van der Waals surface area contributed by atoms with Gasteiger partial charge in [0.05, 0.1) is 18.8 Å². The van der Waals surface area contributed by atoms with E-state index in [4.69, 9.17) is 9.47 Å². The van der Waals surface area contributed by atoms with E-state index < -0.39 is 29.2 Å². The van der Waals surface area contributed by atoms with Crippen LogP contribution in [-0.2, 0) is 30.9 Å². The molecule has 0 radical (unpaired) electrons. The van der Waals surface area contributed by atoms with Gasteiger partial charge in [0.15, 0.2) is 6.10 Å². The molecule has 5 rings (SSSR count). The highest BCUT2D eigenvalue weighted by Crippen LogP contribution is 2.39. The number of hydrogen-bond donors (Lipinski definition) is 2. The molecule has 3 aliphatic rings. The molecular weight excluding hydrogens is 609 g/mol. The zero-order valence-corrected chi connectivity index (χ0v) is 28.0. The second-order valence-corrected chi connectivity index (χ2v) is 14.6. The van der Waals surface area contributed by atoms with Crippen LogP contribution in [0.3, 0.4) is 0 Å². The molecule has 2 saturated heterocycles. The number of hydrogen-bond acceptors (Lipinski definition) is 8. The molecule has 256 valence electrons. The van der Waals surface area contributed by atoms with Gasteiger partial charge in [-0.1, -0.05) is 26.0 Å². The molecule has 1 aromatic carbocycles. The number of benzene rings is 1. The third-order valence-corrected chi connectivity index (χ3v) is 9.04. The molecule has 3 aliphatic heterocycles. The summed E-state index contributed by atoms with van der Waals surface area (Å²) in [4.78, 5) is 62.7. The van der Waals surface area contributed by atoms with Crippen LogP contribution in [0, 0.1) is 5.82 Å². The Morgan fingerprint density at radius 3 is 2.49 bits per heavy atom. The molecular formula is C34H46FN5O7. The van der Waals surface area contributed by atoms with Gasteiger partial charge in [-0.05, 0) is 51.5 Å². The number of aromatic nitrogens is 1. The van der Waals surface area contributed by atoms with Crippen LogP contribution in [-0.4, -0.2) is 119 Å². The predicted octanol–water partition coefficient (Wildman–Crippen LogP) is 2.82. The fourth-order valence-corrected chi connectivity index (χ4v) is 6.65. The molecule has 2 fully saturated rings. The molecule has 4 heterocycles. The van der Waals surface area contributed by atoms with Gasteiger partial charge in [-0.15, -0.1) is 0 Å². The first-order valence-corrected chi connectivity index (χ1v) is 16.1. The van der Waals surface area contributed by atoms with Crippen molar-refractivity contribution >= 4 is 23.7 Å². The van der Waals surface area contributed by atoms with Crippen molar-refractivity contribution in [2.45, 2.75) is 77.2 Å². The maximum absolute atomic E-state index is 14.2. The number of fused-ring (bicyclic) bond motifs is 1. The van der Waals surface area contributed by atoms with Crippen LogP contribution < -0.4 is 10.5 Å². The average Bonchev–Trinajstić information content (AvgIpc) is 3.24. The second-order valence-electron chi connectivity index (χ2n) is 14.6. The average molecular weight is 656 g/mol. The Balaban J connectivity index is 1.39. The molecule has 47 heavy (non-hydrogen) atoms. The number of anilines is 1. The number of nitrogens with zero attached hydrogens (tertiary/aromatic N) is 4. The molecule has 0 bridgehead atoms. The largest absolute Gasteiger partial charge is 0.479 e. The Morgan fingerprint density at radius 2 is 1.83 bits per heavy atom. The van der Waals surface area contributed by atoms with E-state index in [1.807, 2.05) is 46.4 Å². The van der Waals surface area contributed by atoms with Crippen LogP contribution in [0.25, 0.3) is 0 Å². The van der Waals surface area contributed by atoms with Gasteiger partial charge >= 0.3 is 12.1 Å². The number of H-pyrrole nitrogens is 1. The standard InChI is InChI=1S/C34H46FN5O7/c1-21-15-38(25(17-39(21)32(45)47-33(2,3)4)16-37-11-12-46-27(18-37)31(43)44)19-28(41)40-20-34(5,6)29-26(40)14-23(30(42)36-29)13-22-7-9-24(35)10-8-22/h7-10,14,21,25,27H,11-13,15-20H2,1-6H3,(H,36,42)(H,43,44)/t21-,25+,27?/m1/s1. The van der Waals surface area contributed by atoms with E-state index in [-0.39, 0.29) is 55.5 Å². The number of morpholine rings is 1. The summed E-state index contributed by atoms with van der Waals surface area (Å²) in [5.74, 6) is -1.53. The molecule has 3 atom stereocenters. The highest BCUT2D eigenvalue weighted by atomic mass is 19.1. The van der Waals surface area contributed by atoms with Crippen molar-refractivity contribution in [2.24, 2.45) is 0 Å². The number of rotatable bonds is 7. The Bertz CT molecular complexity index is 1550. The lowest BCUT2D eigenvalue weighted by Crippen LogP contribution is -2.64. The number of pyridine rings is 1. The number of ether oxygens (including phenoxy) is 2. The third kappa shape index (κ3) is 8.02. The van der Waals surface area contributed by atoms with Crippen molar-refractivity contribution in [1.29, 1.82) is 0 Å². The van der Waals surface area contributed by atoms with Gasteiger partial charge in [-0.25, -0.2) is 14.0 Å². The molecule has 0 saturated carbocycles. The summed E-state index contributed by atoms with van der Waals surface area (Å²) in [6.45, 7) is 13.9. The molecule has 0 aliphatic carbocycles. The normalized spacial score (nSPS) is 23.4. The smallest absolute Gasteiger partial charge is 0.410 e. The van der Waals surface area contributed by atoms with E-state index in [0.29, 0.717) is 49.7 Å². The Morgan fingerprint density at radius 1 is 1.13 bits per heavy atom. The Kier molecular flexibility index (Phi) is 9.82. The van der Waals surface area contributed by atoms with Crippen molar-refractivity contribution in [2.75, 3.05) is 57.3 Å². The highest BCUT2D eigenvalue weighted by molar-refractivity contribution is 5.97. The Hall–Kier alpha value is -3.81. The SMILES string of the molecule is C[C@@H]1CN(CC(=O)N2CC(C)(C)c3[nH]c(=O)c(Cc4ccc(F)cc4)cc32)[C@@H](CN2CCOC(C(=O)O)C2)CN1C(=O)OC(C)(C)C. The van der Waals surface area contributed by atoms with Crippen LogP contribution in [0.4, 0.5) is 14.9 Å². The molecule has 13 heteroatoms. The van der Waals surface area contributed by atoms with Gasteiger partial charge in [0, 0.05) is 74.4 Å². The van der Waals surface area contributed by atoms with Gasteiger partial charge in [0.2, 0.25) is 5.91 Å². The number of carbonyl (C=O) groups is 3. The lowest BCUT2D eigenvalue weighted by Gasteiger charge is -2.47. The van der Waals surface area contributed by atoms with E-state index in [1.165, 1.54) is 12.1 Å².